The third kappa shape index (κ3) is 3.17. The van der Waals surface area contributed by atoms with Crippen molar-refractivity contribution in [1.29, 1.82) is 5.41 Å². The molecule has 1 aliphatic carbocycles. The van der Waals surface area contributed by atoms with Crippen LogP contribution < -0.4 is 5.32 Å². The van der Waals surface area contributed by atoms with Crippen molar-refractivity contribution in [3.05, 3.63) is 65.8 Å². The molecule has 0 aliphatic heterocycles. The number of carbonyl (C=O) groups is 1. The summed E-state index contributed by atoms with van der Waals surface area (Å²) >= 11 is 0. The standard InChI is InChI=1S/C20H21N7O/c1-12-6-9-22-11-17(12)27-13(2)16(10-25-27)20(28)26-18(21)14-4-5-15(14)19-23-7-3-8-24-19/h3,6-11,14-15H,4-5H2,1-2H3,(H2,21,26,28)/t14-,15-/m0/s1. The van der Waals surface area contributed by atoms with Crippen molar-refractivity contribution in [2.45, 2.75) is 32.6 Å². The quantitative estimate of drug-likeness (QED) is 0.538. The Morgan fingerprint density at radius 1 is 1.18 bits per heavy atom. The number of rotatable bonds is 4. The van der Waals surface area contributed by atoms with Crippen LogP contribution in [0.5, 0.6) is 0 Å². The van der Waals surface area contributed by atoms with E-state index in [2.05, 4.69) is 25.4 Å². The number of hydrogen-bond acceptors (Lipinski definition) is 6. The lowest BCUT2D eigenvalue weighted by Crippen LogP contribution is -2.42. The highest BCUT2D eigenvalue weighted by atomic mass is 16.1. The van der Waals surface area contributed by atoms with Crippen molar-refractivity contribution in [2.24, 2.45) is 5.92 Å². The van der Waals surface area contributed by atoms with Crippen LogP contribution in [0.15, 0.2) is 43.1 Å². The number of aryl methyl sites for hydroxylation is 1. The Hall–Kier alpha value is -3.42. The van der Waals surface area contributed by atoms with Crippen LogP contribution in [0.25, 0.3) is 5.69 Å². The summed E-state index contributed by atoms with van der Waals surface area (Å²) in [6.07, 6.45) is 10.1. The van der Waals surface area contributed by atoms with Gasteiger partial charge >= 0.3 is 0 Å². The number of amidine groups is 1. The second kappa shape index (κ2) is 7.30. The largest absolute Gasteiger partial charge is 0.310 e. The van der Waals surface area contributed by atoms with Gasteiger partial charge in [0.25, 0.3) is 5.91 Å². The van der Waals surface area contributed by atoms with E-state index in [1.165, 1.54) is 6.20 Å². The molecule has 2 N–H and O–H groups in total. The van der Waals surface area contributed by atoms with Gasteiger partial charge in [0.05, 0.1) is 29.3 Å². The Kier molecular flexibility index (Phi) is 4.68. The highest BCUT2D eigenvalue weighted by molar-refractivity contribution is 6.07. The van der Waals surface area contributed by atoms with Gasteiger partial charge < -0.3 is 5.32 Å². The average molecular weight is 375 g/mol. The minimum absolute atomic E-state index is 0.0673. The van der Waals surface area contributed by atoms with E-state index in [4.69, 9.17) is 5.41 Å². The molecule has 142 valence electrons. The van der Waals surface area contributed by atoms with E-state index < -0.39 is 0 Å². The van der Waals surface area contributed by atoms with E-state index in [1.807, 2.05) is 19.9 Å². The summed E-state index contributed by atoms with van der Waals surface area (Å²) in [6, 6.07) is 3.67. The maximum atomic E-state index is 12.7. The first-order valence-electron chi connectivity index (χ1n) is 9.18. The first kappa shape index (κ1) is 18.0. The summed E-state index contributed by atoms with van der Waals surface area (Å²) in [5, 5.41) is 15.4. The molecule has 3 aromatic rings. The molecule has 1 fully saturated rings. The van der Waals surface area contributed by atoms with Crippen molar-refractivity contribution in [1.82, 2.24) is 30.0 Å². The SMILES string of the molecule is Cc1ccncc1-n1ncc(C(=O)NC(=N)[C@H]2CC[C@@H]2c2ncccn2)c1C. The highest BCUT2D eigenvalue weighted by Crippen LogP contribution is 2.41. The molecule has 1 aliphatic rings. The van der Waals surface area contributed by atoms with E-state index in [-0.39, 0.29) is 23.6 Å². The summed E-state index contributed by atoms with van der Waals surface area (Å²) in [5.41, 5.74) is 2.99. The predicted molar refractivity (Wildman–Crippen MR) is 104 cm³/mol. The second-order valence-corrected chi connectivity index (χ2v) is 6.98. The molecule has 0 aromatic carbocycles. The van der Waals surface area contributed by atoms with E-state index in [1.54, 1.807) is 35.5 Å². The molecular weight excluding hydrogens is 354 g/mol. The molecular formula is C20H21N7O. The van der Waals surface area contributed by atoms with Crippen molar-refractivity contribution < 1.29 is 4.79 Å². The number of hydrogen-bond donors (Lipinski definition) is 2. The number of pyridine rings is 1. The lowest BCUT2D eigenvalue weighted by Gasteiger charge is -2.35. The molecule has 28 heavy (non-hydrogen) atoms. The molecule has 2 atom stereocenters. The lowest BCUT2D eigenvalue weighted by molar-refractivity contribution is 0.0972. The fourth-order valence-electron chi connectivity index (χ4n) is 3.49. The number of aromatic nitrogens is 5. The zero-order valence-electron chi connectivity index (χ0n) is 15.8. The van der Waals surface area contributed by atoms with Crippen LogP contribution in [-0.2, 0) is 0 Å². The molecule has 4 rings (SSSR count). The van der Waals surface area contributed by atoms with Crippen LogP contribution in [0.1, 0.15) is 46.2 Å². The summed E-state index contributed by atoms with van der Waals surface area (Å²) in [7, 11) is 0. The zero-order chi connectivity index (χ0) is 19.7. The molecule has 0 spiro atoms. The Bertz CT molecular complexity index is 1030. The third-order valence-corrected chi connectivity index (χ3v) is 5.30. The average Bonchev–Trinajstić information content (AvgIpc) is 3.03. The second-order valence-electron chi connectivity index (χ2n) is 6.98. The summed E-state index contributed by atoms with van der Waals surface area (Å²) < 4.78 is 1.70. The fourth-order valence-corrected chi connectivity index (χ4v) is 3.49. The van der Waals surface area contributed by atoms with Crippen LogP contribution in [0.3, 0.4) is 0 Å². The third-order valence-electron chi connectivity index (χ3n) is 5.30. The first-order valence-corrected chi connectivity index (χ1v) is 9.18. The molecule has 1 saturated carbocycles. The van der Waals surface area contributed by atoms with Crippen LogP contribution in [0.4, 0.5) is 0 Å². The van der Waals surface area contributed by atoms with Gasteiger partial charge in [-0.2, -0.15) is 5.10 Å². The van der Waals surface area contributed by atoms with Crippen LogP contribution in [0.2, 0.25) is 0 Å². The molecule has 0 radical (unpaired) electrons. The van der Waals surface area contributed by atoms with Gasteiger partial charge in [-0.3, -0.25) is 15.2 Å². The fraction of sp³-hybridized carbons (Fsp3) is 0.300. The van der Waals surface area contributed by atoms with Crippen molar-refractivity contribution >= 4 is 11.7 Å². The maximum absolute atomic E-state index is 12.7. The van der Waals surface area contributed by atoms with Gasteiger partial charge in [-0.05, 0) is 44.4 Å². The van der Waals surface area contributed by atoms with E-state index in [0.29, 0.717) is 11.3 Å². The van der Waals surface area contributed by atoms with Crippen LogP contribution in [-0.4, -0.2) is 36.5 Å². The minimum atomic E-state index is -0.324. The predicted octanol–water partition coefficient (Wildman–Crippen LogP) is 2.58. The highest BCUT2D eigenvalue weighted by Gasteiger charge is 2.38. The summed E-state index contributed by atoms with van der Waals surface area (Å²) in [6.45, 7) is 3.80. The number of amides is 1. The topological polar surface area (TPSA) is 109 Å². The van der Waals surface area contributed by atoms with Gasteiger partial charge in [-0.1, -0.05) is 0 Å². The van der Waals surface area contributed by atoms with Gasteiger partial charge in [0.1, 0.15) is 11.7 Å². The van der Waals surface area contributed by atoms with Crippen LogP contribution >= 0.6 is 0 Å². The normalized spacial score (nSPS) is 18.4. The number of carbonyl (C=O) groups excluding carboxylic acids is 1. The molecule has 8 heteroatoms. The monoisotopic (exact) mass is 375 g/mol. The summed E-state index contributed by atoms with van der Waals surface area (Å²) in [5.74, 6) is 0.625. The van der Waals surface area contributed by atoms with Crippen LogP contribution in [0, 0.1) is 25.2 Å². The number of nitrogens with zero attached hydrogens (tertiary/aromatic N) is 5. The van der Waals surface area contributed by atoms with Gasteiger partial charge in [-0.25, -0.2) is 14.6 Å². The summed E-state index contributed by atoms with van der Waals surface area (Å²) in [4.78, 5) is 25.5. The molecule has 1 amide bonds. The van der Waals surface area contributed by atoms with Crippen molar-refractivity contribution in [3.63, 3.8) is 0 Å². The van der Waals surface area contributed by atoms with Gasteiger partial charge in [0.15, 0.2) is 0 Å². The first-order chi connectivity index (χ1) is 13.6. The molecule has 0 bridgehead atoms. The van der Waals surface area contributed by atoms with E-state index in [9.17, 15) is 4.79 Å². The lowest BCUT2D eigenvalue weighted by atomic mass is 9.72. The smallest absolute Gasteiger partial charge is 0.260 e. The van der Waals surface area contributed by atoms with Crippen molar-refractivity contribution in [3.8, 4) is 5.69 Å². The molecule has 3 heterocycles. The minimum Gasteiger partial charge on any atom is -0.310 e. The molecule has 3 aromatic heterocycles. The van der Waals surface area contributed by atoms with Gasteiger partial charge in [-0.15, -0.1) is 0 Å². The van der Waals surface area contributed by atoms with Gasteiger partial charge in [0.2, 0.25) is 0 Å². The number of nitrogens with one attached hydrogen (secondary N) is 2. The zero-order valence-corrected chi connectivity index (χ0v) is 15.8. The Labute approximate surface area is 162 Å². The van der Waals surface area contributed by atoms with Crippen molar-refractivity contribution in [2.75, 3.05) is 0 Å². The van der Waals surface area contributed by atoms with E-state index >= 15 is 0 Å². The molecule has 8 nitrogen and oxygen atoms in total. The van der Waals surface area contributed by atoms with Gasteiger partial charge in [0, 0.05) is 30.4 Å². The Morgan fingerprint density at radius 3 is 2.64 bits per heavy atom. The maximum Gasteiger partial charge on any atom is 0.260 e. The Morgan fingerprint density at radius 2 is 1.96 bits per heavy atom. The molecule has 0 saturated heterocycles. The molecule has 0 unspecified atom stereocenters. The van der Waals surface area contributed by atoms with E-state index in [0.717, 1.165) is 29.9 Å². The Balaban J connectivity index is 1.49.